The molecule has 1 rings (SSSR count). The third-order valence-electron chi connectivity index (χ3n) is 4.62. The molecule has 1 aliphatic rings. The van der Waals surface area contributed by atoms with Crippen LogP contribution in [0.5, 0.6) is 0 Å². The van der Waals surface area contributed by atoms with Crippen LogP contribution >= 0.6 is 0 Å². The van der Waals surface area contributed by atoms with Gasteiger partial charge in [-0.15, -0.1) is 0 Å². The molecule has 2 atom stereocenters. The number of nitrogens with one attached hydrogen (secondary N) is 1. The molecule has 124 valence electrons. The van der Waals surface area contributed by atoms with Crippen LogP contribution in [-0.2, 0) is 0 Å². The Morgan fingerprint density at radius 3 is 2.48 bits per heavy atom. The summed E-state index contributed by atoms with van der Waals surface area (Å²) in [6.45, 7) is 14.8. The molecular formula is C17H35N3O. The zero-order valence-electron chi connectivity index (χ0n) is 14.7. The molecule has 0 aromatic rings. The zero-order chi connectivity index (χ0) is 15.8. The second kappa shape index (κ2) is 9.29. The van der Waals surface area contributed by atoms with E-state index in [1.54, 1.807) is 0 Å². The fraction of sp³-hybridized carbons (Fsp3) is 0.941. The fourth-order valence-corrected chi connectivity index (χ4v) is 3.35. The molecule has 0 radical (unpaired) electrons. The summed E-state index contributed by atoms with van der Waals surface area (Å²) in [6.07, 6.45) is 4.67. The Bertz CT molecular complexity index is 302. The Morgan fingerprint density at radius 2 is 1.95 bits per heavy atom. The smallest absolute Gasteiger partial charge is 0.317 e. The van der Waals surface area contributed by atoms with Crippen LogP contribution in [0.2, 0.25) is 0 Å². The Hall–Kier alpha value is -0.770. The maximum Gasteiger partial charge on any atom is 0.317 e. The van der Waals surface area contributed by atoms with Crippen LogP contribution in [0, 0.1) is 5.92 Å². The summed E-state index contributed by atoms with van der Waals surface area (Å²) in [5, 5.41) is 3.18. The van der Waals surface area contributed by atoms with Gasteiger partial charge in [-0.3, -0.25) is 4.90 Å². The number of carbonyl (C=O) groups is 1. The van der Waals surface area contributed by atoms with Gasteiger partial charge in [0.05, 0.1) is 0 Å². The van der Waals surface area contributed by atoms with Crippen molar-refractivity contribution in [1.29, 1.82) is 0 Å². The highest BCUT2D eigenvalue weighted by molar-refractivity contribution is 5.74. The van der Waals surface area contributed by atoms with Crippen LogP contribution in [0.25, 0.3) is 0 Å². The predicted molar refractivity (Wildman–Crippen MR) is 89.6 cm³/mol. The van der Waals surface area contributed by atoms with Gasteiger partial charge in [0.15, 0.2) is 0 Å². The average Bonchev–Trinajstić information content (AvgIpc) is 2.45. The number of amides is 2. The van der Waals surface area contributed by atoms with E-state index in [9.17, 15) is 4.79 Å². The summed E-state index contributed by atoms with van der Waals surface area (Å²) in [5.74, 6) is 0.654. The first kappa shape index (κ1) is 18.3. The van der Waals surface area contributed by atoms with Gasteiger partial charge in [-0.2, -0.15) is 0 Å². The van der Waals surface area contributed by atoms with Crippen LogP contribution in [0.15, 0.2) is 0 Å². The lowest BCUT2D eigenvalue weighted by atomic mass is 10.0. The van der Waals surface area contributed by atoms with Gasteiger partial charge < -0.3 is 10.2 Å². The molecule has 0 aromatic carbocycles. The second-order valence-electron chi connectivity index (χ2n) is 6.73. The van der Waals surface area contributed by atoms with Gasteiger partial charge in [-0.25, -0.2) is 4.79 Å². The van der Waals surface area contributed by atoms with Gasteiger partial charge in [0.2, 0.25) is 0 Å². The lowest BCUT2D eigenvalue weighted by molar-refractivity contribution is 0.147. The lowest BCUT2D eigenvalue weighted by Gasteiger charge is -2.35. The number of rotatable bonds is 7. The number of hydrogen-bond acceptors (Lipinski definition) is 2. The van der Waals surface area contributed by atoms with Crippen molar-refractivity contribution in [2.75, 3.05) is 26.2 Å². The minimum absolute atomic E-state index is 0.128. The molecule has 0 saturated carbocycles. The molecule has 1 aliphatic heterocycles. The summed E-state index contributed by atoms with van der Waals surface area (Å²) in [4.78, 5) is 16.9. The van der Waals surface area contributed by atoms with E-state index in [-0.39, 0.29) is 6.03 Å². The molecule has 1 heterocycles. The number of nitrogens with zero attached hydrogens (tertiary/aromatic N) is 2. The third kappa shape index (κ3) is 5.85. The quantitative estimate of drug-likeness (QED) is 0.782. The molecule has 0 aliphatic carbocycles. The SMILES string of the molecule is CCN(CC)C(CNC(=O)N1CCCCC1C)CC(C)C. The van der Waals surface area contributed by atoms with E-state index in [2.05, 4.69) is 44.8 Å². The molecule has 4 heteroatoms. The fourth-order valence-electron chi connectivity index (χ4n) is 3.35. The van der Waals surface area contributed by atoms with E-state index in [4.69, 9.17) is 0 Å². The standard InChI is InChI=1S/C17H35N3O/c1-6-19(7-2)16(12-14(3)4)13-18-17(21)20-11-9-8-10-15(20)5/h14-16H,6-13H2,1-5H3,(H,18,21). The molecule has 1 saturated heterocycles. The Balaban J connectivity index is 2.52. The first-order chi connectivity index (χ1) is 9.99. The summed E-state index contributed by atoms with van der Waals surface area (Å²) < 4.78 is 0. The van der Waals surface area contributed by atoms with Gasteiger partial charge in [0.1, 0.15) is 0 Å². The molecule has 1 fully saturated rings. The van der Waals surface area contributed by atoms with Crippen LogP contribution < -0.4 is 5.32 Å². The number of hydrogen-bond donors (Lipinski definition) is 1. The molecule has 0 bridgehead atoms. The minimum atomic E-state index is 0.128. The molecule has 21 heavy (non-hydrogen) atoms. The van der Waals surface area contributed by atoms with E-state index in [0.717, 1.165) is 45.4 Å². The van der Waals surface area contributed by atoms with Gasteiger partial charge in [0.25, 0.3) is 0 Å². The predicted octanol–water partition coefficient (Wildman–Crippen LogP) is 3.33. The molecule has 0 spiro atoms. The number of piperidine rings is 1. The van der Waals surface area contributed by atoms with Crippen LogP contribution in [-0.4, -0.2) is 54.1 Å². The number of urea groups is 1. The maximum absolute atomic E-state index is 12.4. The summed E-state index contributed by atoms with van der Waals surface area (Å²) in [7, 11) is 0. The highest BCUT2D eigenvalue weighted by Gasteiger charge is 2.24. The minimum Gasteiger partial charge on any atom is -0.336 e. The topological polar surface area (TPSA) is 35.6 Å². The van der Waals surface area contributed by atoms with Gasteiger partial charge in [-0.1, -0.05) is 27.7 Å². The first-order valence-electron chi connectivity index (χ1n) is 8.78. The number of likely N-dealkylation sites (tertiary alicyclic amines) is 1. The molecule has 2 unspecified atom stereocenters. The van der Waals surface area contributed by atoms with Crippen LogP contribution in [0.3, 0.4) is 0 Å². The van der Waals surface area contributed by atoms with E-state index in [0.29, 0.717) is 18.0 Å². The maximum atomic E-state index is 12.4. The van der Waals surface area contributed by atoms with Crippen LogP contribution in [0.4, 0.5) is 4.79 Å². The number of carbonyl (C=O) groups excluding carboxylic acids is 1. The van der Waals surface area contributed by atoms with Crippen molar-refractivity contribution in [2.24, 2.45) is 5.92 Å². The van der Waals surface area contributed by atoms with Crippen LogP contribution in [0.1, 0.15) is 60.3 Å². The second-order valence-corrected chi connectivity index (χ2v) is 6.73. The summed E-state index contributed by atoms with van der Waals surface area (Å²) in [5.41, 5.74) is 0. The third-order valence-corrected chi connectivity index (χ3v) is 4.62. The monoisotopic (exact) mass is 297 g/mol. The molecule has 4 nitrogen and oxygen atoms in total. The number of likely N-dealkylation sites (N-methyl/N-ethyl adjacent to an activating group) is 1. The lowest BCUT2D eigenvalue weighted by Crippen LogP contribution is -2.51. The highest BCUT2D eigenvalue weighted by Crippen LogP contribution is 2.16. The zero-order valence-corrected chi connectivity index (χ0v) is 14.7. The van der Waals surface area contributed by atoms with Crippen molar-refractivity contribution in [3.63, 3.8) is 0 Å². The molecular weight excluding hydrogens is 262 g/mol. The van der Waals surface area contributed by atoms with Crippen molar-refractivity contribution < 1.29 is 4.79 Å². The van der Waals surface area contributed by atoms with Gasteiger partial charge >= 0.3 is 6.03 Å². The first-order valence-corrected chi connectivity index (χ1v) is 8.78. The van der Waals surface area contributed by atoms with Crippen molar-refractivity contribution in [1.82, 2.24) is 15.1 Å². The highest BCUT2D eigenvalue weighted by atomic mass is 16.2. The van der Waals surface area contributed by atoms with E-state index in [1.165, 1.54) is 6.42 Å². The van der Waals surface area contributed by atoms with Crippen molar-refractivity contribution >= 4 is 6.03 Å². The van der Waals surface area contributed by atoms with Crippen molar-refractivity contribution in [3.05, 3.63) is 0 Å². The van der Waals surface area contributed by atoms with E-state index < -0.39 is 0 Å². The van der Waals surface area contributed by atoms with Gasteiger partial charge in [0, 0.05) is 25.2 Å². The largest absolute Gasteiger partial charge is 0.336 e. The Kier molecular flexibility index (Phi) is 8.09. The summed E-state index contributed by atoms with van der Waals surface area (Å²) >= 11 is 0. The van der Waals surface area contributed by atoms with Crippen molar-refractivity contribution in [2.45, 2.75) is 72.4 Å². The molecule has 1 N–H and O–H groups in total. The van der Waals surface area contributed by atoms with E-state index >= 15 is 0 Å². The Morgan fingerprint density at radius 1 is 1.29 bits per heavy atom. The van der Waals surface area contributed by atoms with Crippen molar-refractivity contribution in [3.8, 4) is 0 Å². The van der Waals surface area contributed by atoms with E-state index in [1.807, 2.05) is 4.90 Å². The molecule has 0 aromatic heterocycles. The average molecular weight is 297 g/mol. The Labute approximate surface area is 131 Å². The summed E-state index contributed by atoms with van der Waals surface area (Å²) in [6, 6.07) is 0.961. The van der Waals surface area contributed by atoms with Gasteiger partial charge in [-0.05, 0) is 51.6 Å². The molecule has 2 amide bonds. The normalized spacial score (nSPS) is 20.9.